The van der Waals surface area contributed by atoms with Crippen LogP contribution in [-0.2, 0) is 5.54 Å². The van der Waals surface area contributed by atoms with Gasteiger partial charge in [0.15, 0.2) is 0 Å². The van der Waals surface area contributed by atoms with Crippen molar-refractivity contribution in [3.8, 4) is 0 Å². The summed E-state index contributed by atoms with van der Waals surface area (Å²) in [5.74, 6) is 0. The van der Waals surface area contributed by atoms with E-state index < -0.39 is 5.54 Å². The van der Waals surface area contributed by atoms with Crippen LogP contribution in [0.2, 0.25) is 5.02 Å². The average molecular weight is 210 g/mol. The number of hydrogen-bond acceptors (Lipinski definition) is 2. The first-order valence-corrected chi connectivity index (χ1v) is 4.83. The van der Waals surface area contributed by atoms with E-state index in [2.05, 4.69) is 0 Å². The fourth-order valence-electron chi connectivity index (χ4n) is 1.52. The fraction of sp³-hybridized carbons (Fsp3) is 0.273. The monoisotopic (exact) mass is 209 g/mol. The molecule has 0 spiro atoms. The summed E-state index contributed by atoms with van der Waals surface area (Å²) in [6.07, 6.45) is 1.68. The maximum absolute atomic E-state index is 6.09. The lowest BCUT2D eigenvalue weighted by molar-refractivity contribution is 0.534. The SMILES string of the molecule is CC(C)(N)c1coc2cccc(Cl)c12. The van der Waals surface area contributed by atoms with Gasteiger partial charge in [-0.3, -0.25) is 0 Å². The van der Waals surface area contributed by atoms with Crippen LogP contribution < -0.4 is 5.73 Å². The molecule has 14 heavy (non-hydrogen) atoms. The maximum atomic E-state index is 6.09. The lowest BCUT2D eigenvalue weighted by Gasteiger charge is -2.16. The number of fused-ring (bicyclic) bond motifs is 1. The van der Waals surface area contributed by atoms with E-state index in [1.807, 2.05) is 32.0 Å². The Kier molecular flexibility index (Phi) is 2.05. The Morgan fingerprint density at radius 2 is 2.07 bits per heavy atom. The highest BCUT2D eigenvalue weighted by atomic mass is 35.5. The number of benzene rings is 1. The minimum absolute atomic E-state index is 0.434. The summed E-state index contributed by atoms with van der Waals surface area (Å²) in [6, 6.07) is 5.59. The molecular formula is C11H12ClNO. The van der Waals surface area contributed by atoms with Crippen molar-refractivity contribution >= 4 is 22.6 Å². The summed E-state index contributed by atoms with van der Waals surface area (Å²) in [5, 5.41) is 1.60. The van der Waals surface area contributed by atoms with Gasteiger partial charge >= 0.3 is 0 Å². The minimum Gasteiger partial charge on any atom is -0.464 e. The normalized spacial score (nSPS) is 12.3. The molecular weight excluding hydrogens is 198 g/mol. The molecule has 0 aliphatic rings. The van der Waals surface area contributed by atoms with Gasteiger partial charge < -0.3 is 10.2 Å². The quantitative estimate of drug-likeness (QED) is 0.783. The van der Waals surface area contributed by atoms with Gasteiger partial charge in [-0.25, -0.2) is 0 Å². The highest BCUT2D eigenvalue weighted by Crippen LogP contribution is 2.33. The van der Waals surface area contributed by atoms with Gasteiger partial charge in [-0.05, 0) is 26.0 Å². The predicted molar refractivity (Wildman–Crippen MR) is 58.4 cm³/mol. The first-order chi connectivity index (χ1) is 6.50. The number of rotatable bonds is 1. The third kappa shape index (κ3) is 1.41. The molecule has 3 heteroatoms. The van der Waals surface area contributed by atoms with E-state index in [0.717, 1.165) is 16.5 Å². The molecule has 0 saturated heterocycles. The van der Waals surface area contributed by atoms with Crippen molar-refractivity contribution in [2.45, 2.75) is 19.4 Å². The van der Waals surface area contributed by atoms with Crippen LogP contribution in [0.1, 0.15) is 19.4 Å². The van der Waals surface area contributed by atoms with E-state index in [9.17, 15) is 0 Å². The van der Waals surface area contributed by atoms with Gasteiger partial charge in [-0.2, -0.15) is 0 Å². The molecule has 0 aliphatic carbocycles. The molecule has 2 aromatic rings. The van der Waals surface area contributed by atoms with E-state index in [-0.39, 0.29) is 0 Å². The summed E-state index contributed by atoms with van der Waals surface area (Å²) >= 11 is 6.09. The Morgan fingerprint density at radius 1 is 1.36 bits per heavy atom. The molecule has 0 aliphatic heterocycles. The van der Waals surface area contributed by atoms with Crippen molar-refractivity contribution in [1.82, 2.24) is 0 Å². The second-order valence-electron chi connectivity index (χ2n) is 3.98. The van der Waals surface area contributed by atoms with Crippen LogP contribution in [0.5, 0.6) is 0 Å². The van der Waals surface area contributed by atoms with Gasteiger partial charge in [-0.1, -0.05) is 17.7 Å². The molecule has 0 amide bonds. The third-order valence-corrected chi connectivity index (χ3v) is 2.56. The van der Waals surface area contributed by atoms with Gasteiger partial charge in [-0.15, -0.1) is 0 Å². The third-order valence-electron chi connectivity index (χ3n) is 2.24. The van der Waals surface area contributed by atoms with Crippen molar-refractivity contribution in [3.63, 3.8) is 0 Å². The first-order valence-electron chi connectivity index (χ1n) is 4.45. The second-order valence-corrected chi connectivity index (χ2v) is 4.39. The van der Waals surface area contributed by atoms with E-state index >= 15 is 0 Å². The van der Waals surface area contributed by atoms with Crippen molar-refractivity contribution in [3.05, 3.63) is 35.0 Å². The van der Waals surface area contributed by atoms with Crippen molar-refractivity contribution < 1.29 is 4.42 Å². The van der Waals surface area contributed by atoms with Crippen LogP contribution in [0.4, 0.5) is 0 Å². The Labute approximate surface area is 87.6 Å². The first kappa shape index (κ1) is 9.56. The topological polar surface area (TPSA) is 39.2 Å². The number of hydrogen-bond donors (Lipinski definition) is 1. The van der Waals surface area contributed by atoms with Crippen molar-refractivity contribution in [2.24, 2.45) is 5.73 Å². The van der Waals surface area contributed by atoms with E-state index in [4.69, 9.17) is 21.8 Å². The van der Waals surface area contributed by atoms with Crippen LogP contribution in [0.3, 0.4) is 0 Å². The molecule has 0 bridgehead atoms. The summed E-state index contributed by atoms with van der Waals surface area (Å²) in [7, 11) is 0. The molecule has 2 rings (SSSR count). The number of nitrogens with two attached hydrogens (primary N) is 1. The highest BCUT2D eigenvalue weighted by Gasteiger charge is 2.21. The summed E-state index contributed by atoms with van der Waals surface area (Å²) in [5.41, 5.74) is 7.31. The smallest absolute Gasteiger partial charge is 0.135 e. The number of halogens is 1. The standard InChI is InChI=1S/C11H12ClNO/c1-11(2,13)7-6-14-9-5-3-4-8(12)10(7)9/h3-6H,13H2,1-2H3. The zero-order valence-corrected chi connectivity index (χ0v) is 8.93. The maximum Gasteiger partial charge on any atom is 0.135 e. The zero-order valence-electron chi connectivity index (χ0n) is 8.17. The van der Waals surface area contributed by atoms with Crippen LogP contribution in [-0.4, -0.2) is 0 Å². The molecule has 2 nitrogen and oxygen atoms in total. The van der Waals surface area contributed by atoms with Gasteiger partial charge in [0.25, 0.3) is 0 Å². The van der Waals surface area contributed by atoms with Gasteiger partial charge in [0.2, 0.25) is 0 Å². The van der Waals surface area contributed by atoms with Crippen LogP contribution >= 0.6 is 11.6 Å². The molecule has 0 radical (unpaired) electrons. The average Bonchev–Trinajstić information content (AvgIpc) is 2.47. The second kappa shape index (κ2) is 3.01. The van der Waals surface area contributed by atoms with Gasteiger partial charge in [0.05, 0.1) is 11.3 Å². The summed E-state index contributed by atoms with van der Waals surface area (Å²) < 4.78 is 5.39. The van der Waals surface area contributed by atoms with Crippen molar-refractivity contribution in [1.29, 1.82) is 0 Å². The largest absolute Gasteiger partial charge is 0.464 e. The molecule has 0 fully saturated rings. The van der Waals surface area contributed by atoms with E-state index in [1.54, 1.807) is 6.26 Å². The van der Waals surface area contributed by atoms with Crippen molar-refractivity contribution in [2.75, 3.05) is 0 Å². The molecule has 1 aromatic carbocycles. The Hall–Kier alpha value is -0.990. The van der Waals surface area contributed by atoms with Gasteiger partial charge in [0.1, 0.15) is 5.58 Å². The Morgan fingerprint density at radius 3 is 2.71 bits per heavy atom. The van der Waals surface area contributed by atoms with Gasteiger partial charge in [0, 0.05) is 16.5 Å². The van der Waals surface area contributed by atoms with E-state index in [0.29, 0.717) is 5.02 Å². The Balaban J connectivity index is 2.80. The molecule has 0 atom stereocenters. The number of furan rings is 1. The van der Waals surface area contributed by atoms with Crippen LogP contribution in [0.25, 0.3) is 11.0 Å². The van der Waals surface area contributed by atoms with E-state index in [1.165, 1.54) is 0 Å². The molecule has 0 unspecified atom stereocenters. The molecule has 0 saturated carbocycles. The summed E-state index contributed by atoms with van der Waals surface area (Å²) in [6.45, 7) is 3.86. The molecule has 1 aromatic heterocycles. The minimum atomic E-state index is -0.434. The Bertz CT molecular complexity index is 468. The van der Waals surface area contributed by atoms with Crippen LogP contribution in [0, 0.1) is 0 Å². The predicted octanol–water partition coefficient (Wildman–Crippen LogP) is 3.28. The molecule has 2 N–H and O–H groups in total. The molecule has 1 heterocycles. The summed E-state index contributed by atoms with van der Waals surface area (Å²) in [4.78, 5) is 0. The lowest BCUT2D eigenvalue weighted by Crippen LogP contribution is -2.28. The zero-order chi connectivity index (χ0) is 10.3. The fourth-order valence-corrected chi connectivity index (χ4v) is 1.79. The molecule has 74 valence electrons. The van der Waals surface area contributed by atoms with Crippen LogP contribution in [0.15, 0.2) is 28.9 Å². The lowest BCUT2D eigenvalue weighted by atomic mass is 9.95. The highest BCUT2D eigenvalue weighted by molar-refractivity contribution is 6.35.